The van der Waals surface area contributed by atoms with Crippen LogP contribution in [0.15, 0.2) is 36.8 Å². The Balaban J connectivity index is 1.65. The largest absolute Gasteiger partial charge is 0.352 e. The van der Waals surface area contributed by atoms with Gasteiger partial charge in [0.05, 0.1) is 23.1 Å². The normalized spacial score (nSPS) is 10.6. The number of amides is 2. The molecule has 0 spiro atoms. The van der Waals surface area contributed by atoms with Crippen LogP contribution in [0.1, 0.15) is 23.0 Å². The smallest absolute Gasteiger partial charge is 0.252 e. The Labute approximate surface area is 156 Å². The van der Waals surface area contributed by atoms with Crippen molar-refractivity contribution in [2.24, 2.45) is 7.05 Å². The summed E-state index contributed by atoms with van der Waals surface area (Å²) >= 11 is 0. The number of aromatic nitrogens is 5. The number of anilines is 1. The quantitative estimate of drug-likeness (QED) is 0.684. The molecule has 0 saturated carbocycles. The maximum absolute atomic E-state index is 12.2. The third kappa shape index (κ3) is 4.38. The summed E-state index contributed by atoms with van der Waals surface area (Å²) in [6.07, 6.45) is 4.90. The van der Waals surface area contributed by atoms with Gasteiger partial charge in [-0.25, -0.2) is 0 Å². The molecule has 0 aliphatic rings. The number of hydrogen-bond donors (Lipinski definition) is 2. The molecule has 2 amide bonds. The van der Waals surface area contributed by atoms with E-state index in [1.54, 1.807) is 42.3 Å². The molecule has 0 aliphatic heterocycles. The highest BCUT2D eigenvalue weighted by Crippen LogP contribution is 2.16. The number of hydrogen-bond acceptors (Lipinski definition) is 5. The standard InChI is InChI=1S/C18H21N7O2/c1-4-19-18(27)13-5-6-15(20-8-13)14-9-21-25(10-14)11-17(26)22-16-7-12(2)23-24(16)3/h5-10H,4,11H2,1-3H3,(H,19,27)(H,22,26). The summed E-state index contributed by atoms with van der Waals surface area (Å²) in [5.74, 6) is 0.272. The van der Waals surface area contributed by atoms with Gasteiger partial charge in [0.2, 0.25) is 5.91 Å². The van der Waals surface area contributed by atoms with Gasteiger partial charge in [0.25, 0.3) is 5.91 Å². The SMILES string of the molecule is CCNC(=O)c1ccc(-c2cnn(CC(=O)Nc3cc(C)nn3C)c2)nc1. The van der Waals surface area contributed by atoms with Crippen molar-refractivity contribution in [3.8, 4) is 11.3 Å². The second-order valence-corrected chi connectivity index (χ2v) is 6.06. The number of aryl methyl sites for hydroxylation is 2. The molecule has 0 fully saturated rings. The number of rotatable bonds is 6. The maximum Gasteiger partial charge on any atom is 0.252 e. The van der Waals surface area contributed by atoms with E-state index in [4.69, 9.17) is 0 Å². The number of carbonyl (C=O) groups excluding carboxylic acids is 2. The van der Waals surface area contributed by atoms with E-state index in [1.165, 1.54) is 10.9 Å². The van der Waals surface area contributed by atoms with Crippen LogP contribution >= 0.6 is 0 Å². The zero-order chi connectivity index (χ0) is 19.4. The van der Waals surface area contributed by atoms with E-state index >= 15 is 0 Å². The highest BCUT2D eigenvalue weighted by atomic mass is 16.2. The van der Waals surface area contributed by atoms with E-state index < -0.39 is 0 Å². The summed E-state index contributed by atoms with van der Waals surface area (Å²) in [7, 11) is 1.77. The van der Waals surface area contributed by atoms with Gasteiger partial charge >= 0.3 is 0 Å². The molecule has 0 aromatic carbocycles. The Hall–Kier alpha value is -3.49. The van der Waals surface area contributed by atoms with Crippen LogP contribution in [0.5, 0.6) is 0 Å². The first-order chi connectivity index (χ1) is 13.0. The van der Waals surface area contributed by atoms with Crippen LogP contribution in [-0.2, 0) is 18.4 Å². The molecule has 0 unspecified atom stereocenters. The summed E-state index contributed by atoms with van der Waals surface area (Å²) in [6, 6.07) is 5.26. The summed E-state index contributed by atoms with van der Waals surface area (Å²) in [4.78, 5) is 28.3. The number of nitrogens with one attached hydrogen (secondary N) is 2. The van der Waals surface area contributed by atoms with Gasteiger partial charge < -0.3 is 10.6 Å². The minimum absolute atomic E-state index is 0.0707. The van der Waals surface area contributed by atoms with Crippen LogP contribution in [0.4, 0.5) is 5.82 Å². The lowest BCUT2D eigenvalue weighted by Crippen LogP contribution is -2.22. The van der Waals surface area contributed by atoms with E-state index in [0.29, 0.717) is 23.6 Å². The summed E-state index contributed by atoms with van der Waals surface area (Å²) < 4.78 is 3.15. The average molecular weight is 367 g/mol. The zero-order valence-electron chi connectivity index (χ0n) is 15.4. The fourth-order valence-electron chi connectivity index (χ4n) is 2.60. The Bertz CT molecular complexity index is 957. The van der Waals surface area contributed by atoms with Crippen LogP contribution in [-0.4, -0.2) is 42.9 Å². The highest BCUT2D eigenvalue weighted by molar-refractivity contribution is 5.94. The molecule has 0 aliphatic carbocycles. The van der Waals surface area contributed by atoms with Gasteiger partial charge in [-0.2, -0.15) is 10.2 Å². The molecule has 0 atom stereocenters. The van der Waals surface area contributed by atoms with Crippen molar-refractivity contribution in [3.05, 3.63) is 48.0 Å². The summed E-state index contributed by atoms with van der Waals surface area (Å²) in [6.45, 7) is 4.36. The molecule has 3 aromatic rings. The van der Waals surface area contributed by atoms with Gasteiger partial charge in [-0.1, -0.05) is 0 Å². The molecule has 140 valence electrons. The molecule has 0 bridgehead atoms. The minimum atomic E-state index is -0.202. The van der Waals surface area contributed by atoms with Crippen molar-refractivity contribution < 1.29 is 9.59 Å². The van der Waals surface area contributed by atoms with Gasteiger partial charge in [-0.05, 0) is 26.0 Å². The van der Waals surface area contributed by atoms with Gasteiger partial charge in [0.1, 0.15) is 12.4 Å². The lowest BCUT2D eigenvalue weighted by atomic mass is 10.2. The lowest BCUT2D eigenvalue weighted by molar-refractivity contribution is -0.116. The Morgan fingerprint density at radius 3 is 2.67 bits per heavy atom. The van der Waals surface area contributed by atoms with Crippen molar-refractivity contribution in [1.29, 1.82) is 0 Å². The fraction of sp³-hybridized carbons (Fsp3) is 0.278. The van der Waals surface area contributed by atoms with E-state index in [2.05, 4.69) is 25.8 Å². The molecule has 27 heavy (non-hydrogen) atoms. The molecule has 0 radical (unpaired) electrons. The predicted molar refractivity (Wildman–Crippen MR) is 100 cm³/mol. The molecule has 2 N–H and O–H groups in total. The van der Waals surface area contributed by atoms with Crippen LogP contribution in [0.2, 0.25) is 0 Å². The topological polar surface area (TPSA) is 107 Å². The van der Waals surface area contributed by atoms with E-state index in [-0.39, 0.29) is 18.4 Å². The van der Waals surface area contributed by atoms with Gasteiger partial charge in [0, 0.05) is 37.6 Å². The van der Waals surface area contributed by atoms with Gasteiger partial charge in [-0.3, -0.25) is 23.9 Å². The van der Waals surface area contributed by atoms with Gasteiger partial charge in [-0.15, -0.1) is 0 Å². The predicted octanol–water partition coefficient (Wildman–Crippen LogP) is 1.38. The van der Waals surface area contributed by atoms with Crippen LogP contribution < -0.4 is 10.6 Å². The Kier molecular flexibility index (Phi) is 5.30. The second-order valence-electron chi connectivity index (χ2n) is 6.06. The zero-order valence-corrected chi connectivity index (χ0v) is 15.4. The Morgan fingerprint density at radius 2 is 2.04 bits per heavy atom. The van der Waals surface area contributed by atoms with Crippen molar-refractivity contribution in [3.63, 3.8) is 0 Å². The van der Waals surface area contributed by atoms with Crippen molar-refractivity contribution in [2.45, 2.75) is 20.4 Å². The average Bonchev–Trinajstić information content (AvgIpc) is 3.21. The first-order valence-corrected chi connectivity index (χ1v) is 8.54. The molecule has 9 heteroatoms. The van der Waals surface area contributed by atoms with Crippen molar-refractivity contribution >= 4 is 17.6 Å². The monoisotopic (exact) mass is 367 g/mol. The third-order valence-electron chi connectivity index (χ3n) is 3.87. The first kappa shape index (κ1) is 18.3. The lowest BCUT2D eigenvalue weighted by Gasteiger charge is -2.05. The molecule has 9 nitrogen and oxygen atoms in total. The highest BCUT2D eigenvalue weighted by Gasteiger charge is 2.11. The molecular weight excluding hydrogens is 346 g/mol. The van der Waals surface area contributed by atoms with Crippen LogP contribution in [0.3, 0.4) is 0 Å². The number of pyridine rings is 1. The molecule has 3 heterocycles. The van der Waals surface area contributed by atoms with Gasteiger partial charge in [0.15, 0.2) is 0 Å². The Morgan fingerprint density at radius 1 is 1.22 bits per heavy atom. The number of carbonyl (C=O) groups is 2. The molecule has 3 aromatic heterocycles. The second kappa shape index (κ2) is 7.81. The fourth-order valence-corrected chi connectivity index (χ4v) is 2.60. The number of nitrogens with zero attached hydrogens (tertiary/aromatic N) is 5. The maximum atomic E-state index is 12.2. The first-order valence-electron chi connectivity index (χ1n) is 8.54. The van der Waals surface area contributed by atoms with Crippen LogP contribution in [0.25, 0.3) is 11.3 Å². The summed E-state index contributed by atoms with van der Waals surface area (Å²) in [5, 5.41) is 13.9. The molecule has 0 saturated heterocycles. The molecular formula is C18H21N7O2. The van der Waals surface area contributed by atoms with Crippen molar-refractivity contribution in [1.82, 2.24) is 29.9 Å². The molecule has 3 rings (SSSR count). The van der Waals surface area contributed by atoms with Crippen LogP contribution in [0, 0.1) is 6.92 Å². The third-order valence-corrected chi connectivity index (χ3v) is 3.87. The minimum Gasteiger partial charge on any atom is -0.352 e. The van der Waals surface area contributed by atoms with Crippen molar-refractivity contribution in [2.75, 3.05) is 11.9 Å². The van der Waals surface area contributed by atoms with E-state index in [9.17, 15) is 9.59 Å². The van der Waals surface area contributed by atoms with E-state index in [1.807, 2.05) is 13.8 Å². The van der Waals surface area contributed by atoms with E-state index in [0.717, 1.165) is 11.3 Å². The summed E-state index contributed by atoms with van der Waals surface area (Å²) in [5.41, 5.74) is 2.77.